The van der Waals surface area contributed by atoms with Crippen LogP contribution in [-0.4, -0.2) is 30.3 Å². The molecule has 3 aromatic rings. The summed E-state index contributed by atoms with van der Waals surface area (Å²) in [5.74, 6) is 0.242. The van der Waals surface area contributed by atoms with Gasteiger partial charge in [-0.3, -0.25) is 4.79 Å². The molecular formula is C21H21N5O3S. The minimum Gasteiger partial charge on any atom is -0.325 e. The number of carbonyl (C=O) groups excluding carboxylic acids is 1. The highest BCUT2D eigenvalue weighted by atomic mass is 32.2. The van der Waals surface area contributed by atoms with Gasteiger partial charge in [0, 0.05) is 29.1 Å². The van der Waals surface area contributed by atoms with E-state index in [0.29, 0.717) is 23.0 Å². The monoisotopic (exact) mass is 423 g/mol. The van der Waals surface area contributed by atoms with Crippen molar-refractivity contribution in [2.75, 3.05) is 10.6 Å². The fourth-order valence-electron chi connectivity index (χ4n) is 3.22. The van der Waals surface area contributed by atoms with Crippen LogP contribution in [0.15, 0.2) is 59.6 Å². The lowest BCUT2D eigenvalue weighted by atomic mass is 10.1. The van der Waals surface area contributed by atoms with E-state index in [1.807, 2.05) is 24.3 Å². The Hall–Kier alpha value is -3.30. The van der Waals surface area contributed by atoms with Crippen molar-refractivity contribution in [3.05, 3.63) is 60.3 Å². The number of aromatic nitrogens is 2. The van der Waals surface area contributed by atoms with Gasteiger partial charge in [0.1, 0.15) is 0 Å². The molecule has 0 atom stereocenters. The first-order valence-electron chi connectivity index (χ1n) is 9.46. The molecule has 3 N–H and O–H groups in total. The van der Waals surface area contributed by atoms with Gasteiger partial charge in [0.15, 0.2) is 0 Å². The molecule has 4 rings (SSSR count). The summed E-state index contributed by atoms with van der Waals surface area (Å²) in [5, 5.41) is 5.98. The summed E-state index contributed by atoms with van der Waals surface area (Å²) in [6.45, 7) is 3.54. The van der Waals surface area contributed by atoms with Gasteiger partial charge in [-0.25, -0.2) is 23.1 Å². The maximum Gasteiger partial charge on any atom is 0.240 e. The second-order valence-electron chi connectivity index (χ2n) is 7.26. The van der Waals surface area contributed by atoms with Crippen LogP contribution in [-0.2, 0) is 21.2 Å². The first-order valence-corrected chi connectivity index (χ1v) is 10.9. The van der Waals surface area contributed by atoms with Crippen LogP contribution in [0.4, 0.5) is 17.3 Å². The first kappa shape index (κ1) is 20.0. The minimum absolute atomic E-state index is 0.114. The van der Waals surface area contributed by atoms with Crippen molar-refractivity contribution in [2.45, 2.75) is 31.2 Å². The number of carbonyl (C=O) groups is 1. The predicted octanol–water partition coefficient (Wildman–Crippen LogP) is 3.07. The molecule has 0 spiro atoms. The van der Waals surface area contributed by atoms with E-state index in [2.05, 4.69) is 25.3 Å². The van der Waals surface area contributed by atoms with E-state index < -0.39 is 10.0 Å². The standard InChI is InChI=1S/C21H21N5O3S/c1-13(2)26-30(28,29)16-9-7-15(8-10-16)23-21-22-12-14-11-19(27)24-18-6-4-3-5-17(18)20(14)25-21/h3-10,12-13,26H,11H2,1-2H3,(H,24,27)(H,22,23,25). The lowest BCUT2D eigenvalue weighted by Crippen LogP contribution is -2.30. The molecule has 1 amide bonds. The van der Waals surface area contributed by atoms with Gasteiger partial charge in [0.25, 0.3) is 0 Å². The van der Waals surface area contributed by atoms with Gasteiger partial charge in [0.05, 0.1) is 22.7 Å². The first-order chi connectivity index (χ1) is 14.3. The Morgan fingerprint density at radius 3 is 2.53 bits per heavy atom. The number of anilines is 3. The van der Waals surface area contributed by atoms with Crippen LogP contribution >= 0.6 is 0 Å². The molecule has 30 heavy (non-hydrogen) atoms. The van der Waals surface area contributed by atoms with Crippen LogP contribution in [0.1, 0.15) is 19.4 Å². The zero-order valence-electron chi connectivity index (χ0n) is 16.5. The molecule has 9 heteroatoms. The Bertz CT molecular complexity index is 1210. The highest BCUT2D eigenvalue weighted by Gasteiger charge is 2.21. The van der Waals surface area contributed by atoms with E-state index in [0.717, 1.165) is 11.1 Å². The number of nitrogens with zero attached hydrogens (tertiary/aromatic N) is 2. The van der Waals surface area contributed by atoms with E-state index in [1.54, 1.807) is 32.2 Å². The maximum atomic E-state index is 12.3. The van der Waals surface area contributed by atoms with Crippen molar-refractivity contribution in [3.8, 4) is 11.3 Å². The number of sulfonamides is 1. The van der Waals surface area contributed by atoms with Crippen molar-refractivity contribution in [3.63, 3.8) is 0 Å². The van der Waals surface area contributed by atoms with Crippen LogP contribution in [0.25, 0.3) is 11.3 Å². The van der Waals surface area contributed by atoms with E-state index in [4.69, 9.17) is 0 Å². The molecule has 0 radical (unpaired) electrons. The van der Waals surface area contributed by atoms with Crippen molar-refractivity contribution in [2.24, 2.45) is 0 Å². The number of hydrogen-bond donors (Lipinski definition) is 3. The summed E-state index contributed by atoms with van der Waals surface area (Å²) in [6, 6.07) is 13.6. The van der Waals surface area contributed by atoms with Gasteiger partial charge in [-0.15, -0.1) is 0 Å². The Balaban J connectivity index is 1.62. The van der Waals surface area contributed by atoms with Crippen LogP contribution < -0.4 is 15.4 Å². The minimum atomic E-state index is -3.55. The molecule has 0 saturated carbocycles. The van der Waals surface area contributed by atoms with Gasteiger partial charge >= 0.3 is 0 Å². The van der Waals surface area contributed by atoms with E-state index in [9.17, 15) is 13.2 Å². The second kappa shape index (κ2) is 7.85. The van der Waals surface area contributed by atoms with E-state index in [1.165, 1.54) is 12.1 Å². The molecule has 0 saturated heterocycles. The highest BCUT2D eigenvalue weighted by Crippen LogP contribution is 2.32. The van der Waals surface area contributed by atoms with Crippen molar-refractivity contribution >= 4 is 33.3 Å². The third-order valence-electron chi connectivity index (χ3n) is 4.48. The van der Waals surface area contributed by atoms with E-state index in [-0.39, 0.29) is 23.3 Å². The van der Waals surface area contributed by atoms with Gasteiger partial charge in [0.2, 0.25) is 21.9 Å². The molecule has 8 nitrogen and oxygen atoms in total. The molecule has 2 heterocycles. The summed E-state index contributed by atoms with van der Waals surface area (Å²) >= 11 is 0. The topological polar surface area (TPSA) is 113 Å². The lowest BCUT2D eigenvalue weighted by Gasteiger charge is -2.12. The Labute approximate surface area is 174 Å². The van der Waals surface area contributed by atoms with Crippen molar-refractivity contribution in [1.29, 1.82) is 0 Å². The largest absolute Gasteiger partial charge is 0.325 e. The fourth-order valence-corrected chi connectivity index (χ4v) is 4.47. The number of benzene rings is 2. The van der Waals surface area contributed by atoms with Gasteiger partial charge in [-0.2, -0.15) is 0 Å². The van der Waals surface area contributed by atoms with E-state index >= 15 is 0 Å². The third-order valence-corrected chi connectivity index (χ3v) is 6.16. The fraction of sp³-hybridized carbons (Fsp3) is 0.190. The average molecular weight is 423 g/mol. The summed E-state index contributed by atoms with van der Waals surface area (Å²) in [4.78, 5) is 21.2. The molecule has 0 bridgehead atoms. The normalized spacial score (nSPS) is 13.2. The summed E-state index contributed by atoms with van der Waals surface area (Å²) in [5.41, 5.74) is 3.60. The van der Waals surface area contributed by atoms with Crippen molar-refractivity contribution < 1.29 is 13.2 Å². The van der Waals surface area contributed by atoms with Gasteiger partial charge < -0.3 is 10.6 Å². The van der Waals surface area contributed by atoms with Crippen LogP contribution in [0, 0.1) is 0 Å². The lowest BCUT2D eigenvalue weighted by molar-refractivity contribution is -0.115. The quantitative estimate of drug-likeness (QED) is 0.581. The van der Waals surface area contributed by atoms with Crippen LogP contribution in [0.3, 0.4) is 0 Å². The molecule has 0 fully saturated rings. The number of amides is 1. The molecule has 2 aromatic carbocycles. The molecule has 1 aromatic heterocycles. The Morgan fingerprint density at radius 1 is 1.07 bits per heavy atom. The van der Waals surface area contributed by atoms with Crippen LogP contribution in [0.5, 0.6) is 0 Å². The SMILES string of the molecule is CC(C)NS(=O)(=O)c1ccc(Nc2ncc3c(n2)-c2ccccc2NC(=O)C3)cc1. The predicted molar refractivity (Wildman–Crippen MR) is 115 cm³/mol. The number of nitrogens with one attached hydrogen (secondary N) is 3. The zero-order chi connectivity index (χ0) is 21.3. The average Bonchev–Trinajstić information content (AvgIpc) is 2.83. The van der Waals surface area contributed by atoms with Crippen molar-refractivity contribution in [1.82, 2.24) is 14.7 Å². The van der Waals surface area contributed by atoms with Gasteiger partial charge in [-0.05, 0) is 44.2 Å². The number of rotatable bonds is 5. The van der Waals surface area contributed by atoms with Gasteiger partial charge in [-0.1, -0.05) is 18.2 Å². The zero-order valence-corrected chi connectivity index (χ0v) is 17.3. The number of para-hydroxylation sites is 1. The van der Waals surface area contributed by atoms with Crippen LogP contribution in [0.2, 0.25) is 0 Å². The number of fused-ring (bicyclic) bond motifs is 3. The second-order valence-corrected chi connectivity index (χ2v) is 8.98. The Morgan fingerprint density at radius 2 is 1.80 bits per heavy atom. The summed E-state index contributed by atoms with van der Waals surface area (Å²) in [6.07, 6.45) is 1.83. The molecule has 0 aliphatic carbocycles. The maximum absolute atomic E-state index is 12.3. The molecule has 154 valence electrons. The summed E-state index contributed by atoms with van der Waals surface area (Å²) < 4.78 is 27.1. The third kappa shape index (κ3) is 4.17. The molecule has 0 unspecified atom stereocenters. The molecule has 1 aliphatic heterocycles. The number of hydrogen-bond acceptors (Lipinski definition) is 6. The molecular weight excluding hydrogens is 402 g/mol. The molecule has 1 aliphatic rings. The summed E-state index contributed by atoms with van der Waals surface area (Å²) in [7, 11) is -3.55. The Kier molecular flexibility index (Phi) is 5.23. The highest BCUT2D eigenvalue weighted by molar-refractivity contribution is 7.89. The smallest absolute Gasteiger partial charge is 0.240 e.